The molecule has 0 unspecified atom stereocenters. The molecule has 1 heterocycles. The predicted molar refractivity (Wildman–Crippen MR) is 60.9 cm³/mol. The molecule has 6 heteroatoms. The molecule has 0 amide bonds. The highest BCUT2D eigenvalue weighted by Gasteiger charge is 2.04. The Morgan fingerprint density at radius 1 is 1.41 bits per heavy atom. The quantitative estimate of drug-likeness (QED) is 0.739. The van der Waals surface area contributed by atoms with Crippen molar-refractivity contribution >= 4 is 11.6 Å². The van der Waals surface area contributed by atoms with Gasteiger partial charge in [0.15, 0.2) is 0 Å². The van der Waals surface area contributed by atoms with Gasteiger partial charge in [0.1, 0.15) is 5.82 Å². The Kier molecular flexibility index (Phi) is 2.78. The zero-order valence-corrected chi connectivity index (χ0v) is 8.99. The number of hydrogen-bond donors (Lipinski definition) is 3. The van der Waals surface area contributed by atoms with E-state index in [2.05, 4.69) is 15.3 Å². The summed E-state index contributed by atoms with van der Waals surface area (Å²) < 4.78 is 13.0. The van der Waals surface area contributed by atoms with Crippen molar-refractivity contribution in [2.45, 2.75) is 6.92 Å². The van der Waals surface area contributed by atoms with Crippen LogP contribution in [0.2, 0.25) is 0 Å². The summed E-state index contributed by atoms with van der Waals surface area (Å²) in [5, 5.41) is 11.9. The lowest BCUT2D eigenvalue weighted by molar-refractivity contribution is 0.452. The number of anilines is 2. The van der Waals surface area contributed by atoms with Crippen LogP contribution in [0.25, 0.3) is 0 Å². The molecular formula is C11H10FN3O2. The molecule has 5 nitrogen and oxygen atoms in total. The molecule has 2 rings (SSSR count). The molecule has 2 aromatic rings. The van der Waals surface area contributed by atoms with E-state index in [1.165, 1.54) is 12.1 Å². The van der Waals surface area contributed by atoms with Crippen molar-refractivity contribution in [3.05, 3.63) is 46.0 Å². The van der Waals surface area contributed by atoms with Gasteiger partial charge in [0.2, 0.25) is 11.8 Å². The summed E-state index contributed by atoms with van der Waals surface area (Å²) in [6, 6.07) is 5.15. The first-order valence-corrected chi connectivity index (χ1v) is 4.88. The molecule has 17 heavy (non-hydrogen) atoms. The molecule has 0 spiro atoms. The van der Waals surface area contributed by atoms with Crippen LogP contribution in [-0.4, -0.2) is 15.1 Å². The van der Waals surface area contributed by atoms with E-state index < -0.39 is 17.3 Å². The van der Waals surface area contributed by atoms with Gasteiger partial charge in [-0.15, -0.1) is 0 Å². The number of H-pyrrole nitrogens is 1. The van der Waals surface area contributed by atoms with Gasteiger partial charge in [-0.25, -0.2) is 4.39 Å². The number of nitrogens with one attached hydrogen (secondary N) is 2. The largest absolute Gasteiger partial charge is 0.493 e. The Bertz CT molecular complexity index is 610. The molecule has 0 atom stereocenters. The summed E-state index contributed by atoms with van der Waals surface area (Å²) in [6.07, 6.45) is 0. The van der Waals surface area contributed by atoms with E-state index in [1.807, 2.05) is 0 Å². The SMILES string of the molecule is Cc1ccc(F)cc1Nc1nc(O)cc(=O)[nH]1. The summed E-state index contributed by atoms with van der Waals surface area (Å²) in [5.41, 5.74) is 0.769. The fourth-order valence-corrected chi connectivity index (χ4v) is 1.36. The van der Waals surface area contributed by atoms with Crippen molar-refractivity contribution in [3.8, 4) is 5.88 Å². The fourth-order valence-electron chi connectivity index (χ4n) is 1.36. The molecule has 3 N–H and O–H groups in total. The Morgan fingerprint density at radius 2 is 2.18 bits per heavy atom. The van der Waals surface area contributed by atoms with Crippen LogP contribution < -0.4 is 10.9 Å². The molecule has 0 aliphatic rings. The number of aromatic amines is 1. The van der Waals surface area contributed by atoms with E-state index in [9.17, 15) is 9.18 Å². The normalized spacial score (nSPS) is 10.2. The molecule has 0 saturated carbocycles. The van der Waals surface area contributed by atoms with Gasteiger partial charge < -0.3 is 10.4 Å². The standard InChI is InChI=1S/C11H10FN3O2/c1-6-2-3-7(12)4-8(6)13-11-14-9(16)5-10(17)15-11/h2-5H,1H3,(H3,13,14,15,16,17). The summed E-state index contributed by atoms with van der Waals surface area (Å²) in [7, 11) is 0. The average Bonchev–Trinajstić information content (AvgIpc) is 2.22. The maximum atomic E-state index is 13.0. The van der Waals surface area contributed by atoms with E-state index in [0.29, 0.717) is 5.69 Å². The highest BCUT2D eigenvalue weighted by Crippen LogP contribution is 2.19. The van der Waals surface area contributed by atoms with Gasteiger partial charge in [-0.05, 0) is 24.6 Å². The third-order valence-electron chi connectivity index (χ3n) is 2.18. The van der Waals surface area contributed by atoms with Crippen molar-refractivity contribution in [2.24, 2.45) is 0 Å². The van der Waals surface area contributed by atoms with Crippen molar-refractivity contribution in [1.82, 2.24) is 9.97 Å². The van der Waals surface area contributed by atoms with Crippen LogP contribution in [0.5, 0.6) is 5.88 Å². The van der Waals surface area contributed by atoms with Crippen molar-refractivity contribution < 1.29 is 9.50 Å². The number of aryl methyl sites for hydroxylation is 1. The second-order valence-corrected chi connectivity index (χ2v) is 3.54. The molecule has 0 fully saturated rings. The summed E-state index contributed by atoms with van der Waals surface area (Å²) in [4.78, 5) is 17.1. The van der Waals surface area contributed by atoms with Crippen LogP contribution in [-0.2, 0) is 0 Å². The van der Waals surface area contributed by atoms with Gasteiger partial charge in [-0.2, -0.15) is 4.98 Å². The Balaban J connectivity index is 2.37. The van der Waals surface area contributed by atoms with Crippen molar-refractivity contribution in [1.29, 1.82) is 0 Å². The molecule has 0 aliphatic heterocycles. The van der Waals surface area contributed by atoms with Gasteiger partial charge in [0, 0.05) is 5.69 Å². The zero-order valence-electron chi connectivity index (χ0n) is 8.99. The van der Waals surface area contributed by atoms with Gasteiger partial charge >= 0.3 is 0 Å². The monoisotopic (exact) mass is 235 g/mol. The van der Waals surface area contributed by atoms with Crippen LogP contribution in [0.3, 0.4) is 0 Å². The van der Waals surface area contributed by atoms with Gasteiger partial charge in [-0.3, -0.25) is 9.78 Å². The van der Waals surface area contributed by atoms with E-state index in [0.717, 1.165) is 11.6 Å². The molecule has 88 valence electrons. The van der Waals surface area contributed by atoms with E-state index in [1.54, 1.807) is 13.0 Å². The molecule has 0 saturated heterocycles. The number of nitrogens with zero attached hydrogens (tertiary/aromatic N) is 1. The lowest BCUT2D eigenvalue weighted by Gasteiger charge is -2.08. The van der Waals surface area contributed by atoms with Crippen LogP contribution in [0.15, 0.2) is 29.1 Å². The fraction of sp³-hybridized carbons (Fsp3) is 0.0909. The first-order valence-electron chi connectivity index (χ1n) is 4.88. The van der Waals surface area contributed by atoms with Crippen LogP contribution >= 0.6 is 0 Å². The third-order valence-corrected chi connectivity index (χ3v) is 2.18. The number of benzene rings is 1. The number of hydrogen-bond acceptors (Lipinski definition) is 4. The van der Waals surface area contributed by atoms with Crippen LogP contribution in [0.1, 0.15) is 5.56 Å². The summed E-state index contributed by atoms with van der Waals surface area (Å²) >= 11 is 0. The minimum absolute atomic E-state index is 0.0590. The highest BCUT2D eigenvalue weighted by atomic mass is 19.1. The first kappa shape index (κ1) is 11.1. The first-order chi connectivity index (χ1) is 8.04. The Hall–Kier alpha value is -2.37. The van der Waals surface area contributed by atoms with E-state index >= 15 is 0 Å². The average molecular weight is 235 g/mol. The lowest BCUT2D eigenvalue weighted by Crippen LogP contribution is -2.09. The maximum Gasteiger partial charge on any atom is 0.256 e. The minimum atomic E-state index is -0.492. The molecular weight excluding hydrogens is 225 g/mol. The van der Waals surface area contributed by atoms with Gasteiger partial charge in [0.25, 0.3) is 5.56 Å². The minimum Gasteiger partial charge on any atom is -0.493 e. The van der Waals surface area contributed by atoms with Gasteiger partial charge in [0.05, 0.1) is 6.07 Å². The summed E-state index contributed by atoms with van der Waals surface area (Å²) in [6.45, 7) is 1.78. The second-order valence-electron chi connectivity index (χ2n) is 3.54. The van der Waals surface area contributed by atoms with Crippen LogP contribution in [0.4, 0.5) is 16.0 Å². The Labute approximate surface area is 96.0 Å². The predicted octanol–water partition coefficient (Wildman–Crippen LogP) is 1.67. The van der Waals surface area contributed by atoms with E-state index in [-0.39, 0.29) is 5.95 Å². The maximum absolute atomic E-state index is 13.0. The van der Waals surface area contributed by atoms with E-state index in [4.69, 9.17) is 5.11 Å². The highest BCUT2D eigenvalue weighted by molar-refractivity contribution is 5.58. The second kappa shape index (κ2) is 4.25. The number of rotatable bonds is 2. The number of aromatic nitrogens is 2. The smallest absolute Gasteiger partial charge is 0.256 e. The zero-order chi connectivity index (χ0) is 12.4. The third kappa shape index (κ3) is 2.60. The lowest BCUT2D eigenvalue weighted by atomic mass is 10.2. The topological polar surface area (TPSA) is 78.0 Å². The van der Waals surface area contributed by atoms with Crippen molar-refractivity contribution in [3.63, 3.8) is 0 Å². The van der Waals surface area contributed by atoms with Crippen molar-refractivity contribution in [2.75, 3.05) is 5.32 Å². The Morgan fingerprint density at radius 3 is 2.88 bits per heavy atom. The molecule has 0 aliphatic carbocycles. The molecule has 0 radical (unpaired) electrons. The molecule has 1 aromatic heterocycles. The number of aromatic hydroxyl groups is 1. The van der Waals surface area contributed by atoms with Crippen LogP contribution in [0, 0.1) is 12.7 Å². The van der Waals surface area contributed by atoms with Gasteiger partial charge in [-0.1, -0.05) is 6.07 Å². The molecule has 1 aromatic carbocycles. The molecule has 0 bridgehead atoms. The summed E-state index contributed by atoms with van der Waals surface area (Å²) in [5.74, 6) is -0.741. The number of halogens is 1.